The lowest BCUT2D eigenvalue weighted by Gasteiger charge is -2.26. The van der Waals surface area contributed by atoms with Crippen LogP contribution in [0.2, 0.25) is 0 Å². The molecule has 0 saturated heterocycles. The summed E-state index contributed by atoms with van der Waals surface area (Å²) in [5.74, 6) is -2.06. The zero-order valence-corrected chi connectivity index (χ0v) is 14.7. The third-order valence-corrected chi connectivity index (χ3v) is 5.52. The summed E-state index contributed by atoms with van der Waals surface area (Å²) in [5, 5.41) is 3.35. The first kappa shape index (κ1) is 17.1. The third-order valence-electron chi connectivity index (χ3n) is 5.52. The summed E-state index contributed by atoms with van der Waals surface area (Å²) in [6, 6.07) is 3.95. The van der Waals surface area contributed by atoms with Gasteiger partial charge in [-0.3, -0.25) is 4.79 Å². The summed E-state index contributed by atoms with van der Waals surface area (Å²) in [6.45, 7) is 3.15. The molecule has 4 heteroatoms. The van der Waals surface area contributed by atoms with Gasteiger partial charge in [0.25, 0.3) is 0 Å². The Bertz CT molecular complexity index is 1090. The van der Waals surface area contributed by atoms with Crippen molar-refractivity contribution in [3.05, 3.63) is 57.0 Å². The summed E-state index contributed by atoms with van der Waals surface area (Å²) >= 11 is 0. The number of fused-ring (bicyclic) bond motifs is 5. The largest absolute Gasteiger partial charge is 0.399 e. The highest BCUT2D eigenvalue weighted by Gasteiger charge is 2.42. The molecule has 26 heavy (non-hydrogen) atoms. The van der Waals surface area contributed by atoms with Gasteiger partial charge in [-0.1, -0.05) is 36.4 Å². The molecule has 0 bridgehead atoms. The molecule has 2 aliphatic rings. The molecule has 0 N–H and O–H groups in total. The minimum Gasteiger partial charge on any atom is -0.294 e. The lowest BCUT2D eigenvalue weighted by molar-refractivity contribution is -0.139. The molecule has 0 saturated carbocycles. The van der Waals surface area contributed by atoms with Crippen molar-refractivity contribution >= 4 is 28.7 Å². The maximum atomic E-state index is 13.7. The maximum Gasteiger partial charge on any atom is 0.399 e. The van der Waals surface area contributed by atoms with E-state index in [0.717, 1.165) is 41.3 Å². The number of ketones is 1. The standard InChI is InChI=1S/C22H19F3O/c1-12-19(13(2)26)21-16(8-5-9-18(21)22(23,24)25)17-11-10-14-6-3-4-7-15(14)20(12)17/h5,7-11,18H,3-4,6H2,1-2H3. The van der Waals surface area contributed by atoms with E-state index in [4.69, 9.17) is 0 Å². The first-order chi connectivity index (χ1) is 12.3. The van der Waals surface area contributed by atoms with Crippen LogP contribution in [0.1, 0.15) is 52.7 Å². The van der Waals surface area contributed by atoms with Gasteiger partial charge in [-0.25, -0.2) is 0 Å². The third kappa shape index (κ3) is 2.43. The van der Waals surface area contributed by atoms with Crippen LogP contribution in [0.15, 0.2) is 24.3 Å². The monoisotopic (exact) mass is 356 g/mol. The topological polar surface area (TPSA) is 17.1 Å². The Balaban J connectivity index is 2.25. The van der Waals surface area contributed by atoms with Crippen LogP contribution in [-0.2, 0) is 6.42 Å². The molecule has 0 fully saturated rings. The van der Waals surface area contributed by atoms with Gasteiger partial charge in [0, 0.05) is 5.56 Å². The molecular formula is C22H19F3O. The zero-order chi connectivity index (χ0) is 18.6. The van der Waals surface area contributed by atoms with E-state index in [9.17, 15) is 18.0 Å². The van der Waals surface area contributed by atoms with Crippen LogP contribution in [0.5, 0.6) is 0 Å². The van der Waals surface area contributed by atoms with E-state index in [0.29, 0.717) is 10.8 Å². The lowest BCUT2D eigenvalue weighted by Crippen LogP contribution is -2.31. The van der Waals surface area contributed by atoms with Crippen LogP contribution >= 0.6 is 0 Å². The highest BCUT2D eigenvalue weighted by Crippen LogP contribution is 2.39. The van der Waals surface area contributed by atoms with E-state index in [2.05, 4.69) is 6.08 Å². The van der Waals surface area contributed by atoms with Crippen molar-refractivity contribution < 1.29 is 18.0 Å². The summed E-state index contributed by atoms with van der Waals surface area (Å²) in [6.07, 6.45) is 5.03. The number of halogens is 3. The molecule has 0 aromatic heterocycles. The number of aryl methyl sites for hydroxylation is 2. The summed E-state index contributed by atoms with van der Waals surface area (Å²) in [5.41, 5.74) is 2.20. The van der Waals surface area contributed by atoms with Gasteiger partial charge < -0.3 is 0 Å². The van der Waals surface area contributed by atoms with Crippen molar-refractivity contribution in [3.63, 3.8) is 0 Å². The number of carbonyl (C=O) groups excluding carboxylic acids is 1. The SMILES string of the molecule is CC(=O)c1c2c(c3ccc4c(c3c1C)=CCCC4)=CC=CC2C(F)(F)F. The van der Waals surface area contributed by atoms with Gasteiger partial charge in [-0.15, -0.1) is 0 Å². The van der Waals surface area contributed by atoms with Gasteiger partial charge in [0.05, 0.1) is 5.92 Å². The fourth-order valence-corrected chi connectivity index (χ4v) is 4.48. The van der Waals surface area contributed by atoms with Crippen LogP contribution in [0.25, 0.3) is 22.9 Å². The van der Waals surface area contributed by atoms with E-state index < -0.39 is 12.1 Å². The second-order valence-corrected chi connectivity index (χ2v) is 7.11. The predicted molar refractivity (Wildman–Crippen MR) is 97.7 cm³/mol. The molecule has 2 aliphatic carbocycles. The fourth-order valence-electron chi connectivity index (χ4n) is 4.48. The Kier molecular flexibility index (Phi) is 3.83. The van der Waals surface area contributed by atoms with E-state index in [1.807, 2.05) is 12.1 Å². The molecular weight excluding hydrogens is 337 g/mol. The molecule has 4 rings (SSSR count). The molecule has 0 heterocycles. The first-order valence-electron chi connectivity index (χ1n) is 8.85. The molecule has 1 unspecified atom stereocenters. The highest BCUT2D eigenvalue weighted by molar-refractivity contribution is 6.04. The number of hydrogen-bond acceptors (Lipinski definition) is 1. The number of carbonyl (C=O) groups is 1. The molecule has 2 aromatic carbocycles. The van der Waals surface area contributed by atoms with E-state index in [1.54, 1.807) is 13.0 Å². The number of alkyl halides is 3. The Morgan fingerprint density at radius 3 is 2.65 bits per heavy atom. The fraction of sp³-hybridized carbons (Fsp3) is 0.318. The number of allylic oxidation sites excluding steroid dienone is 2. The minimum absolute atomic E-state index is 0.105. The Labute approximate surface area is 149 Å². The quantitative estimate of drug-likeness (QED) is 0.690. The zero-order valence-electron chi connectivity index (χ0n) is 14.7. The van der Waals surface area contributed by atoms with Gasteiger partial charge in [0.15, 0.2) is 5.78 Å². The molecule has 0 spiro atoms. The van der Waals surface area contributed by atoms with E-state index in [-0.39, 0.29) is 16.9 Å². The lowest BCUT2D eigenvalue weighted by atomic mass is 9.80. The number of rotatable bonds is 1. The summed E-state index contributed by atoms with van der Waals surface area (Å²) < 4.78 is 41.1. The number of Topliss-reactive ketones (excluding diaryl/α,β-unsaturated/α-hetero) is 1. The van der Waals surface area contributed by atoms with Crippen molar-refractivity contribution in [1.82, 2.24) is 0 Å². The van der Waals surface area contributed by atoms with Crippen LogP contribution < -0.4 is 10.4 Å². The molecule has 0 radical (unpaired) electrons. The van der Waals surface area contributed by atoms with Crippen LogP contribution in [0.4, 0.5) is 13.2 Å². The Hall–Kier alpha value is -2.36. The Morgan fingerprint density at radius 2 is 1.96 bits per heavy atom. The minimum atomic E-state index is -4.43. The van der Waals surface area contributed by atoms with E-state index >= 15 is 0 Å². The molecule has 134 valence electrons. The van der Waals surface area contributed by atoms with Gasteiger partial charge in [-0.05, 0) is 71.0 Å². The van der Waals surface area contributed by atoms with Crippen LogP contribution in [0, 0.1) is 6.92 Å². The normalized spacial score (nSPS) is 18.7. The van der Waals surface area contributed by atoms with Gasteiger partial charge in [0.2, 0.25) is 0 Å². The van der Waals surface area contributed by atoms with Gasteiger partial charge >= 0.3 is 6.18 Å². The highest BCUT2D eigenvalue weighted by atomic mass is 19.4. The number of benzene rings is 2. The van der Waals surface area contributed by atoms with Crippen molar-refractivity contribution in [2.45, 2.75) is 45.2 Å². The smallest absolute Gasteiger partial charge is 0.294 e. The molecule has 2 aromatic rings. The average Bonchev–Trinajstić information content (AvgIpc) is 2.59. The Morgan fingerprint density at radius 1 is 1.19 bits per heavy atom. The molecule has 1 nitrogen and oxygen atoms in total. The van der Waals surface area contributed by atoms with Crippen molar-refractivity contribution in [1.29, 1.82) is 0 Å². The molecule has 1 atom stereocenters. The number of hydrogen-bond donors (Lipinski definition) is 0. The first-order valence-corrected chi connectivity index (χ1v) is 8.85. The van der Waals surface area contributed by atoms with Crippen LogP contribution in [0.3, 0.4) is 0 Å². The van der Waals surface area contributed by atoms with Gasteiger partial charge in [-0.2, -0.15) is 13.2 Å². The predicted octanol–water partition coefficient (Wildman–Crippen LogP) is 4.46. The molecule has 0 amide bonds. The second kappa shape index (κ2) is 5.83. The maximum absolute atomic E-state index is 13.7. The van der Waals surface area contributed by atoms with E-state index in [1.165, 1.54) is 18.6 Å². The van der Waals surface area contributed by atoms with Crippen molar-refractivity contribution in [3.8, 4) is 0 Å². The van der Waals surface area contributed by atoms with Crippen molar-refractivity contribution in [2.75, 3.05) is 0 Å². The van der Waals surface area contributed by atoms with Gasteiger partial charge in [0.1, 0.15) is 0 Å². The summed E-state index contributed by atoms with van der Waals surface area (Å²) in [7, 11) is 0. The van der Waals surface area contributed by atoms with Crippen LogP contribution in [-0.4, -0.2) is 12.0 Å². The second-order valence-electron chi connectivity index (χ2n) is 7.11. The van der Waals surface area contributed by atoms with Crippen molar-refractivity contribution in [2.24, 2.45) is 0 Å². The molecule has 0 aliphatic heterocycles. The summed E-state index contributed by atoms with van der Waals surface area (Å²) in [4.78, 5) is 12.4. The average molecular weight is 356 g/mol.